The number of ether oxygens (including phenoxy) is 1. The second-order valence-electron chi connectivity index (χ2n) is 9.66. The fourth-order valence-corrected chi connectivity index (χ4v) is 4.87. The lowest BCUT2D eigenvalue weighted by molar-refractivity contribution is -0.135. The smallest absolute Gasteiger partial charge is 0.251 e. The van der Waals surface area contributed by atoms with Crippen LogP contribution in [0.2, 0.25) is 5.02 Å². The highest BCUT2D eigenvalue weighted by Crippen LogP contribution is 2.29. The summed E-state index contributed by atoms with van der Waals surface area (Å²) in [5, 5.41) is 3.74. The molecule has 0 unspecified atom stereocenters. The third-order valence-electron chi connectivity index (χ3n) is 6.90. The SMILES string of the molecule is COc1cccc(-c2cccc(C(=O)N[C@@H](C(=O)N3CCC(c4ccc(Cl)cc4)CC3)C(C)C)c2)c1. The van der Waals surface area contributed by atoms with Crippen molar-refractivity contribution in [2.24, 2.45) is 5.92 Å². The molecule has 2 amide bonds. The van der Waals surface area contributed by atoms with E-state index in [-0.39, 0.29) is 17.7 Å². The number of carbonyl (C=O) groups is 2. The van der Waals surface area contributed by atoms with Crippen molar-refractivity contribution >= 4 is 23.4 Å². The summed E-state index contributed by atoms with van der Waals surface area (Å²) in [5.41, 5.74) is 3.66. The van der Waals surface area contributed by atoms with Gasteiger partial charge in [-0.2, -0.15) is 0 Å². The second-order valence-corrected chi connectivity index (χ2v) is 10.1. The van der Waals surface area contributed by atoms with Gasteiger partial charge < -0.3 is 15.0 Å². The van der Waals surface area contributed by atoms with Crippen molar-refractivity contribution in [1.29, 1.82) is 0 Å². The zero-order valence-electron chi connectivity index (χ0n) is 21.0. The third-order valence-corrected chi connectivity index (χ3v) is 7.15. The minimum Gasteiger partial charge on any atom is -0.497 e. The van der Waals surface area contributed by atoms with Crippen molar-refractivity contribution < 1.29 is 14.3 Å². The molecule has 5 nitrogen and oxygen atoms in total. The van der Waals surface area contributed by atoms with Crippen LogP contribution in [-0.2, 0) is 4.79 Å². The van der Waals surface area contributed by atoms with Crippen molar-refractivity contribution in [3.8, 4) is 16.9 Å². The van der Waals surface area contributed by atoms with Crippen LogP contribution in [0.3, 0.4) is 0 Å². The fourth-order valence-electron chi connectivity index (χ4n) is 4.75. The molecule has 1 atom stereocenters. The molecular weight excluding hydrogens is 472 g/mol. The molecule has 0 radical (unpaired) electrons. The Morgan fingerprint density at radius 3 is 2.22 bits per heavy atom. The van der Waals surface area contributed by atoms with E-state index in [0.717, 1.165) is 34.7 Å². The van der Waals surface area contributed by atoms with Crippen molar-refractivity contribution in [2.75, 3.05) is 20.2 Å². The fraction of sp³-hybridized carbons (Fsp3) is 0.333. The first-order chi connectivity index (χ1) is 17.4. The van der Waals surface area contributed by atoms with Gasteiger partial charge in [-0.05, 0) is 77.8 Å². The van der Waals surface area contributed by atoms with E-state index in [1.165, 1.54) is 5.56 Å². The van der Waals surface area contributed by atoms with Crippen LogP contribution < -0.4 is 10.1 Å². The van der Waals surface area contributed by atoms with Gasteiger partial charge in [-0.15, -0.1) is 0 Å². The van der Waals surface area contributed by atoms with Crippen molar-refractivity contribution in [1.82, 2.24) is 10.2 Å². The maximum atomic E-state index is 13.4. The Bertz CT molecular complexity index is 1200. The van der Waals surface area contributed by atoms with Gasteiger partial charge in [0.05, 0.1) is 7.11 Å². The molecule has 188 valence electrons. The van der Waals surface area contributed by atoms with Crippen LogP contribution >= 0.6 is 11.6 Å². The number of benzene rings is 3. The minimum absolute atomic E-state index is 0.0168. The summed E-state index contributed by atoms with van der Waals surface area (Å²) in [6, 6.07) is 22.6. The van der Waals surface area contributed by atoms with Crippen molar-refractivity contribution in [3.63, 3.8) is 0 Å². The highest BCUT2D eigenvalue weighted by molar-refractivity contribution is 6.30. The van der Waals surface area contributed by atoms with E-state index >= 15 is 0 Å². The van der Waals surface area contributed by atoms with E-state index in [4.69, 9.17) is 16.3 Å². The molecule has 1 saturated heterocycles. The van der Waals surface area contributed by atoms with E-state index in [1.54, 1.807) is 13.2 Å². The molecule has 1 heterocycles. The number of methoxy groups -OCH3 is 1. The van der Waals surface area contributed by atoms with Crippen LogP contribution in [0, 0.1) is 5.92 Å². The van der Waals surface area contributed by atoms with E-state index in [2.05, 4.69) is 17.4 Å². The van der Waals surface area contributed by atoms with Crippen molar-refractivity contribution in [3.05, 3.63) is 88.9 Å². The number of hydrogen-bond donors (Lipinski definition) is 1. The molecule has 0 aliphatic carbocycles. The van der Waals surface area contributed by atoms with E-state index in [0.29, 0.717) is 24.6 Å². The second kappa shape index (κ2) is 11.6. The zero-order valence-corrected chi connectivity index (χ0v) is 21.8. The van der Waals surface area contributed by atoms with E-state index < -0.39 is 6.04 Å². The molecule has 0 spiro atoms. The molecule has 3 aromatic rings. The summed E-state index contributed by atoms with van der Waals surface area (Å²) in [7, 11) is 1.63. The maximum Gasteiger partial charge on any atom is 0.251 e. The number of hydrogen-bond acceptors (Lipinski definition) is 3. The van der Waals surface area contributed by atoms with Crippen LogP contribution in [0.5, 0.6) is 5.75 Å². The Morgan fingerprint density at radius 2 is 1.58 bits per heavy atom. The Kier molecular flexibility index (Phi) is 8.32. The predicted octanol–water partition coefficient (Wildman–Crippen LogP) is 6.18. The maximum absolute atomic E-state index is 13.4. The first-order valence-electron chi connectivity index (χ1n) is 12.5. The van der Waals surface area contributed by atoms with Gasteiger partial charge in [-0.1, -0.05) is 61.8 Å². The predicted molar refractivity (Wildman–Crippen MR) is 145 cm³/mol. The van der Waals surface area contributed by atoms with Gasteiger partial charge in [-0.25, -0.2) is 0 Å². The zero-order chi connectivity index (χ0) is 25.7. The van der Waals surface area contributed by atoms with Gasteiger partial charge in [-0.3, -0.25) is 9.59 Å². The van der Waals surface area contributed by atoms with Crippen LogP contribution in [0.4, 0.5) is 0 Å². The normalized spacial score (nSPS) is 15.0. The molecule has 36 heavy (non-hydrogen) atoms. The Hall–Kier alpha value is -3.31. The Morgan fingerprint density at radius 1 is 0.944 bits per heavy atom. The molecule has 3 aromatic carbocycles. The van der Waals surface area contributed by atoms with E-state index in [9.17, 15) is 9.59 Å². The van der Waals surface area contributed by atoms with Gasteiger partial charge in [0.15, 0.2) is 0 Å². The van der Waals surface area contributed by atoms with Gasteiger partial charge >= 0.3 is 0 Å². The summed E-state index contributed by atoms with van der Waals surface area (Å²) >= 11 is 6.03. The Labute approximate surface area is 218 Å². The molecule has 0 bridgehead atoms. The summed E-state index contributed by atoms with van der Waals surface area (Å²) in [4.78, 5) is 28.5. The standard InChI is InChI=1S/C30H33ClN2O3/c1-20(2)28(30(35)33-16-14-22(15-17-33)21-10-12-26(31)13-11-21)32-29(34)25-8-4-6-23(18-25)24-7-5-9-27(19-24)36-3/h4-13,18-20,22,28H,14-17H2,1-3H3,(H,32,34)/t28-/m1/s1. The van der Waals surface area contributed by atoms with E-state index in [1.807, 2.05) is 73.3 Å². The van der Waals surface area contributed by atoms with Crippen LogP contribution in [0.1, 0.15) is 48.5 Å². The first-order valence-corrected chi connectivity index (χ1v) is 12.8. The number of piperidine rings is 1. The lowest BCUT2D eigenvalue weighted by atomic mass is 9.89. The van der Waals surface area contributed by atoms with Crippen molar-refractivity contribution in [2.45, 2.75) is 38.6 Å². The van der Waals surface area contributed by atoms with Crippen LogP contribution in [0.15, 0.2) is 72.8 Å². The number of carbonyl (C=O) groups excluding carboxylic acids is 2. The highest BCUT2D eigenvalue weighted by atomic mass is 35.5. The molecule has 0 aromatic heterocycles. The topological polar surface area (TPSA) is 58.6 Å². The Balaban J connectivity index is 1.42. The number of nitrogens with zero attached hydrogens (tertiary/aromatic N) is 1. The van der Waals surface area contributed by atoms with Crippen LogP contribution in [-0.4, -0.2) is 43.0 Å². The van der Waals surface area contributed by atoms with Gasteiger partial charge in [0.25, 0.3) is 5.91 Å². The molecule has 1 fully saturated rings. The monoisotopic (exact) mass is 504 g/mol. The van der Waals surface area contributed by atoms with Crippen LogP contribution in [0.25, 0.3) is 11.1 Å². The minimum atomic E-state index is -0.579. The summed E-state index contributed by atoms with van der Waals surface area (Å²) in [6.07, 6.45) is 1.80. The highest BCUT2D eigenvalue weighted by Gasteiger charge is 2.31. The van der Waals surface area contributed by atoms with Gasteiger partial charge in [0.1, 0.15) is 11.8 Å². The summed E-state index contributed by atoms with van der Waals surface area (Å²) in [5.74, 6) is 0.877. The lowest BCUT2D eigenvalue weighted by Gasteiger charge is -2.35. The van der Waals surface area contributed by atoms with Gasteiger partial charge in [0.2, 0.25) is 5.91 Å². The number of likely N-dealkylation sites (tertiary alicyclic amines) is 1. The lowest BCUT2D eigenvalue weighted by Crippen LogP contribution is -2.52. The number of halogens is 1. The number of amides is 2. The third kappa shape index (κ3) is 6.08. The molecule has 4 rings (SSSR count). The quantitative estimate of drug-likeness (QED) is 0.418. The number of nitrogens with one attached hydrogen (secondary N) is 1. The number of rotatable bonds is 7. The summed E-state index contributed by atoms with van der Waals surface area (Å²) < 4.78 is 5.33. The molecular formula is C30H33ClN2O3. The average molecular weight is 505 g/mol. The molecule has 1 aliphatic rings. The van der Waals surface area contributed by atoms with Gasteiger partial charge in [0, 0.05) is 23.7 Å². The first kappa shape index (κ1) is 25.8. The molecule has 1 aliphatic heterocycles. The molecule has 0 saturated carbocycles. The largest absolute Gasteiger partial charge is 0.497 e. The molecule has 1 N–H and O–H groups in total. The summed E-state index contributed by atoms with van der Waals surface area (Å²) in [6.45, 7) is 5.29. The average Bonchev–Trinajstić information content (AvgIpc) is 2.91. The molecule has 6 heteroatoms.